The van der Waals surface area contributed by atoms with Crippen LogP contribution in [-0.4, -0.2) is 57.9 Å². The molecule has 1 aromatic heterocycles. The van der Waals surface area contributed by atoms with Crippen LogP contribution in [0, 0.1) is 11.7 Å². The average molecular weight is 542 g/mol. The number of ether oxygens (including phenoxy) is 1. The zero-order chi connectivity index (χ0) is 28.2. The van der Waals surface area contributed by atoms with Gasteiger partial charge in [-0.2, -0.15) is 0 Å². The van der Waals surface area contributed by atoms with Crippen molar-refractivity contribution in [3.8, 4) is 0 Å². The molecule has 1 aromatic carbocycles. The molecule has 0 radical (unpaired) electrons. The minimum Gasteiger partial charge on any atom is -0.466 e. The highest BCUT2D eigenvalue weighted by Crippen LogP contribution is 2.25. The summed E-state index contributed by atoms with van der Waals surface area (Å²) in [7, 11) is 0. The fourth-order valence-electron chi connectivity index (χ4n) is 5.08. The van der Waals surface area contributed by atoms with Crippen LogP contribution in [0.15, 0.2) is 42.6 Å². The molecule has 1 aliphatic carbocycles. The van der Waals surface area contributed by atoms with Crippen LogP contribution < -0.4 is 0 Å². The van der Waals surface area contributed by atoms with E-state index in [0.717, 1.165) is 43.4 Å². The lowest BCUT2D eigenvalue weighted by Gasteiger charge is -2.36. The molecule has 8 heteroatoms. The largest absolute Gasteiger partial charge is 0.466 e. The fraction of sp³-hybridized carbons (Fsp3) is 0.581. The second kappa shape index (κ2) is 15.4. The number of carbonyl (C=O) groups is 3. The van der Waals surface area contributed by atoms with E-state index >= 15 is 0 Å². The number of rotatable bonds is 14. The summed E-state index contributed by atoms with van der Waals surface area (Å²) in [4.78, 5) is 42.4. The summed E-state index contributed by atoms with van der Waals surface area (Å²) in [6.45, 7) is 7.72. The summed E-state index contributed by atoms with van der Waals surface area (Å²) in [6, 6.07) is 10.6. The van der Waals surface area contributed by atoms with E-state index in [-0.39, 0.29) is 49.7 Å². The van der Waals surface area contributed by atoms with Gasteiger partial charge in [0.2, 0.25) is 11.8 Å². The van der Waals surface area contributed by atoms with Gasteiger partial charge < -0.3 is 19.1 Å². The lowest BCUT2D eigenvalue weighted by molar-refractivity contribution is -0.147. The summed E-state index contributed by atoms with van der Waals surface area (Å²) in [5.41, 5.74) is 1.98. The van der Waals surface area contributed by atoms with Crippen LogP contribution in [0.2, 0.25) is 0 Å². The van der Waals surface area contributed by atoms with E-state index < -0.39 is 5.97 Å². The highest BCUT2D eigenvalue weighted by Gasteiger charge is 2.29. The van der Waals surface area contributed by atoms with Gasteiger partial charge in [-0.3, -0.25) is 14.4 Å². The Morgan fingerprint density at radius 1 is 1.03 bits per heavy atom. The molecule has 0 bridgehead atoms. The average Bonchev–Trinajstić information content (AvgIpc) is 3.36. The van der Waals surface area contributed by atoms with Gasteiger partial charge in [0.15, 0.2) is 0 Å². The molecule has 2 aromatic rings. The molecule has 1 aliphatic rings. The van der Waals surface area contributed by atoms with Crippen LogP contribution in [0.3, 0.4) is 0 Å². The first-order valence-corrected chi connectivity index (χ1v) is 14.4. The molecule has 3 rings (SSSR count). The Hall–Kier alpha value is -3.16. The molecule has 0 aliphatic heterocycles. The second-order valence-electron chi connectivity index (χ2n) is 10.9. The van der Waals surface area contributed by atoms with Gasteiger partial charge in [-0.1, -0.05) is 45.2 Å². The van der Waals surface area contributed by atoms with E-state index in [1.807, 2.05) is 23.2 Å². The molecule has 214 valence electrons. The van der Waals surface area contributed by atoms with Crippen molar-refractivity contribution in [3.63, 3.8) is 0 Å². The van der Waals surface area contributed by atoms with Crippen molar-refractivity contribution in [1.29, 1.82) is 0 Å². The number of nitrogens with zero attached hydrogens (tertiary/aromatic N) is 3. The Morgan fingerprint density at radius 2 is 1.74 bits per heavy atom. The summed E-state index contributed by atoms with van der Waals surface area (Å²) in [5.74, 6) is -0.541. The number of amides is 2. The summed E-state index contributed by atoms with van der Waals surface area (Å²) < 4.78 is 20.5. The number of hydrogen-bond donors (Lipinski definition) is 0. The normalized spacial score (nSPS) is 13.9. The maximum atomic E-state index is 13.9. The smallest absolute Gasteiger partial charge is 0.306 e. The molecule has 0 spiro atoms. The van der Waals surface area contributed by atoms with Gasteiger partial charge in [0.1, 0.15) is 5.82 Å². The highest BCUT2D eigenvalue weighted by atomic mass is 19.1. The Morgan fingerprint density at radius 3 is 2.41 bits per heavy atom. The van der Waals surface area contributed by atoms with Gasteiger partial charge >= 0.3 is 5.97 Å². The maximum absolute atomic E-state index is 13.9. The molecule has 1 fully saturated rings. The zero-order valence-corrected chi connectivity index (χ0v) is 23.7. The van der Waals surface area contributed by atoms with E-state index in [1.54, 1.807) is 24.0 Å². The van der Waals surface area contributed by atoms with Crippen molar-refractivity contribution in [2.45, 2.75) is 91.3 Å². The minimum absolute atomic E-state index is 0.00352. The number of esters is 1. The van der Waals surface area contributed by atoms with Crippen LogP contribution in [0.4, 0.5) is 4.39 Å². The second-order valence-corrected chi connectivity index (χ2v) is 10.9. The first kappa shape index (κ1) is 30.4. The zero-order valence-electron chi connectivity index (χ0n) is 23.7. The minimum atomic E-state index is -0.397. The standard InChI is InChI=1S/C31H44FN3O4/c1-4-39-31(38)17-16-29(36)34(20-18-24(2)3)23-30(37)35(27-9-6-5-7-10-27)22-28-11-8-19-33(28)21-25-12-14-26(32)15-13-25/h8,11-15,19,24,27H,4-7,9-10,16-18,20-23H2,1-3H3. The van der Waals surface area contributed by atoms with Crippen molar-refractivity contribution >= 4 is 17.8 Å². The van der Waals surface area contributed by atoms with Gasteiger partial charge in [-0.15, -0.1) is 0 Å². The number of benzene rings is 1. The Bertz CT molecular complexity index is 1060. The van der Waals surface area contributed by atoms with Gasteiger partial charge in [0.05, 0.1) is 26.1 Å². The lowest BCUT2D eigenvalue weighted by Crippen LogP contribution is -2.48. The highest BCUT2D eigenvalue weighted by molar-refractivity contribution is 5.86. The van der Waals surface area contributed by atoms with E-state index in [4.69, 9.17) is 4.74 Å². The SMILES string of the molecule is CCOC(=O)CCC(=O)N(CCC(C)C)CC(=O)N(Cc1cccn1Cc1ccc(F)cc1)C1CCCCC1. The van der Waals surface area contributed by atoms with Gasteiger partial charge in [0.25, 0.3) is 0 Å². The molecular weight excluding hydrogens is 497 g/mol. The first-order chi connectivity index (χ1) is 18.8. The Balaban J connectivity index is 1.75. The van der Waals surface area contributed by atoms with Crippen molar-refractivity contribution in [3.05, 3.63) is 59.7 Å². The summed E-state index contributed by atoms with van der Waals surface area (Å²) in [5, 5.41) is 0. The van der Waals surface area contributed by atoms with Gasteiger partial charge in [-0.05, 0) is 61.9 Å². The van der Waals surface area contributed by atoms with Crippen LogP contribution in [0.25, 0.3) is 0 Å². The molecule has 1 saturated carbocycles. The van der Waals surface area contributed by atoms with E-state index in [2.05, 4.69) is 18.4 Å². The first-order valence-electron chi connectivity index (χ1n) is 14.4. The monoisotopic (exact) mass is 541 g/mol. The maximum Gasteiger partial charge on any atom is 0.306 e. The van der Waals surface area contributed by atoms with Gasteiger partial charge in [-0.25, -0.2) is 4.39 Å². The van der Waals surface area contributed by atoms with Crippen LogP contribution >= 0.6 is 0 Å². The Labute approximate surface area is 232 Å². The molecule has 39 heavy (non-hydrogen) atoms. The Kier molecular flexibility index (Phi) is 12.0. The van der Waals surface area contributed by atoms with Crippen LogP contribution in [0.1, 0.15) is 83.4 Å². The molecule has 7 nitrogen and oxygen atoms in total. The number of hydrogen-bond acceptors (Lipinski definition) is 4. The molecule has 0 unspecified atom stereocenters. The number of carbonyl (C=O) groups excluding carboxylic acids is 3. The summed E-state index contributed by atoms with van der Waals surface area (Å²) >= 11 is 0. The van der Waals surface area contributed by atoms with Crippen LogP contribution in [-0.2, 0) is 32.2 Å². The molecule has 1 heterocycles. The third-order valence-electron chi connectivity index (χ3n) is 7.36. The van der Waals surface area contributed by atoms with Crippen molar-refractivity contribution in [2.24, 2.45) is 5.92 Å². The number of halogens is 1. The molecule has 0 saturated heterocycles. The lowest BCUT2D eigenvalue weighted by atomic mass is 9.94. The van der Waals surface area contributed by atoms with Gasteiger partial charge in [0, 0.05) is 37.4 Å². The molecular formula is C31H44FN3O4. The molecule has 2 amide bonds. The third-order valence-corrected chi connectivity index (χ3v) is 7.36. The topological polar surface area (TPSA) is 71.8 Å². The van der Waals surface area contributed by atoms with Crippen molar-refractivity contribution in [1.82, 2.24) is 14.4 Å². The van der Waals surface area contributed by atoms with E-state index in [1.165, 1.54) is 18.6 Å². The third kappa shape index (κ3) is 9.83. The predicted octanol–water partition coefficient (Wildman–Crippen LogP) is 5.55. The summed E-state index contributed by atoms with van der Waals surface area (Å²) in [6.07, 6.45) is 8.06. The quantitative estimate of drug-likeness (QED) is 0.294. The van der Waals surface area contributed by atoms with Crippen LogP contribution in [0.5, 0.6) is 0 Å². The van der Waals surface area contributed by atoms with E-state index in [0.29, 0.717) is 25.6 Å². The molecule has 0 N–H and O–H groups in total. The molecule has 0 atom stereocenters. The number of aromatic nitrogens is 1. The van der Waals surface area contributed by atoms with E-state index in [9.17, 15) is 18.8 Å². The van der Waals surface area contributed by atoms with Crippen molar-refractivity contribution in [2.75, 3.05) is 19.7 Å². The van der Waals surface area contributed by atoms with Crippen molar-refractivity contribution < 1.29 is 23.5 Å². The fourth-order valence-corrected chi connectivity index (χ4v) is 5.08. The predicted molar refractivity (Wildman–Crippen MR) is 149 cm³/mol.